The molecular weight excluding hydrogens is 234 g/mol. The van der Waals surface area contributed by atoms with Gasteiger partial charge in [0.15, 0.2) is 0 Å². The lowest BCUT2D eigenvalue weighted by Gasteiger charge is -2.18. The molecule has 0 aliphatic heterocycles. The summed E-state index contributed by atoms with van der Waals surface area (Å²) in [5, 5.41) is 19.9. The second-order valence-corrected chi connectivity index (χ2v) is 4.26. The Morgan fingerprint density at radius 1 is 1.53 bits per heavy atom. The molecule has 2 N–H and O–H groups in total. The average molecular weight is 248 g/mol. The minimum Gasteiger partial charge on any atom is -0.390 e. The van der Waals surface area contributed by atoms with Crippen LogP contribution in [-0.2, 0) is 0 Å². The Kier molecular flexibility index (Phi) is 4.86. The standard InChI is InChI=1S/C10H14ClNO2S/c1-6-4-7(11)5-12-9(6)10(14)8(13)2-3-15/h4-5,8,10,13-15H,2-3H2,1H3. The number of nitrogens with zero attached hydrogens (tertiary/aromatic N) is 1. The number of aliphatic hydroxyl groups excluding tert-OH is 2. The van der Waals surface area contributed by atoms with E-state index < -0.39 is 12.2 Å². The van der Waals surface area contributed by atoms with Crippen molar-refractivity contribution in [2.24, 2.45) is 0 Å². The number of aryl methyl sites for hydroxylation is 1. The molecule has 2 atom stereocenters. The maximum Gasteiger partial charge on any atom is 0.122 e. The summed E-state index contributed by atoms with van der Waals surface area (Å²) in [5.74, 6) is 0.519. The van der Waals surface area contributed by atoms with Gasteiger partial charge in [0.25, 0.3) is 0 Å². The van der Waals surface area contributed by atoms with Gasteiger partial charge in [-0.05, 0) is 30.7 Å². The fourth-order valence-electron chi connectivity index (χ4n) is 1.33. The van der Waals surface area contributed by atoms with Crippen molar-refractivity contribution in [3.05, 3.63) is 28.5 Å². The Bertz CT molecular complexity index is 335. The molecule has 0 radical (unpaired) electrons. The molecule has 1 heterocycles. The molecule has 0 amide bonds. The van der Waals surface area contributed by atoms with Gasteiger partial charge in [0.2, 0.25) is 0 Å². The third-order valence-electron chi connectivity index (χ3n) is 2.15. The summed E-state index contributed by atoms with van der Waals surface area (Å²) in [5.41, 5.74) is 1.24. The number of rotatable bonds is 4. The second kappa shape index (κ2) is 5.70. The topological polar surface area (TPSA) is 53.4 Å². The summed E-state index contributed by atoms with van der Waals surface area (Å²) in [4.78, 5) is 4.01. The number of thiol groups is 1. The average Bonchev–Trinajstić information content (AvgIpc) is 2.17. The van der Waals surface area contributed by atoms with Gasteiger partial charge in [-0.1, -0.05) is 11.6 Å². The predicted molar refractivity (Wildman–Crippen MR) is 63.4 cm³/mol. The third-order valence-corrected chi connectivity index (χ3v) is 2.62. The Hall–Kier alpha value is -0.290. The fourth-order valence-corrected chi connectivity index (χ4v) is 1.81. The van der Waals surface area contributed by atoms with Crippen molar-refractivity contribution in [2.75, 3.05) is 5.75 Å². The number of halogens is 1. The smallest absolute Gasteiger partial charge is 0.122 e. The van der Waals surface area contributed by atoms with Gasteiger partial charge in [0.1, 0.15) is 6.10 Å². The van der Waals surface area contributed by atoms with E-state index in [0.717, 1.165) is 5.56 Å². The third kappa shape index (κ3) is 3.34. The molecule has 3 nitrogen and oxygen atoms in total. The van der Waals surface area contributed by atoms with Gasteiger partial charge < -0.3 is 10.2 Å². The molecule has 0 fully saturated rings. The maximum absolute atomic E-state index is 9.80. The van der Waals surface area contributed by atoms with E-state index in [9.17, 15) is 10.2 Å². The van der Waals surface area contributed by atoms with Crippen LogP contribution in [0.5, 0.6) is 0 Å². The number of hydrogen-bond acceptors (Lipinski definition) is 4. The van der Waals surface area contributed by atoms with Crippen molar-refractivity contribution in [2.45, 2.75) is 25.6 Å². The Balaban J connectivity index is 2.86. The van der Waals surface area contributed by atoms with Crippen LogP contribution < -0.4 is 0 Å². The van der Waals surface area contributed by atoms with Crippen molar-refractivity contribution >= 4 is 24.2 Å². The number of hydrogen-bond donors (Lipinski definition) is 3. The first-order valence-corrected chi connectivity index (χ1v) is 5.66. The van der Waals surface area contributed by atoms with Crippen molar-refractivity contribution < 1.29 is 10.2 Å². The molecule has 5 heteroatoms. The van der Waals surface area contributed by atoms with E-state index in [1.807, 2.05) is 0 Å². The molecule has 0 spiro atoms. The van der Waals surface area contributed by atoms with Crippen LogP contribution in [0.25, 0.3) is 0 Å². The first kappa shape index (κ1) is 12.8. The second-order valence-electron chi connectivity index (χ2n) is 3.38. The van der Waals surface area contributed by atoms with Crippen LogP contribution in [0.2, 0.25) is 5.02 Å². The minimum absolute atomic E-state index is 0.425. The van der Waals surface area contributed by atoms with E-state index in [1.54, 1.807) is 13.0 Å². The molecule has 0 bridgehead atoms. The highest BCUT2D eigenvalue weighted by molar-refractivity contribution is 7.80. The van der Waals surface area contributed by atoms with Gasteiger partial charge in [0, 0.05) is 6.20 Å². The quantitative estimate of drug-likeness (QED) is 0.711. The van der Waals surface area contributed by atoms with E-state index in [4.69, 9.17) is 11.6 Å². The van der Waals surface area contributed by atoms with Crippen LogP contribution in [0.4, 0.5) is 0 Å². The van der Waals surface area contributed by atoms with Crippen LogP contribution >= 0.6 is 24.2 Å². The van der Waals surface area contributed by atoms with Gasteiger partial charge in [0.05, 0.1) is 16.8 Å². The van der Waals surface area contributed by atoms with Gasteiger partial charge in [-0.25, -0.2) is 0 Å². The molecule has 1 aromatic rings. The van der Waals surface area contributed by atoms with E-state index in [0.29, 0.717) is 22.9 Å². The van der Waals surface area contributed by atoms with Crippen molar-refractivity contribution in [1.82, 2.24) is 4.98 Å². The lowest BCUT2D eigenvalue weighted by Crippen LogP contribution is -2.20. The zero-order valence-corrected chi connectivity index (χ0v) is 10.0. The molecule has 0 saturated carbocycles. The largest absolute Gasteiger partial charge is 0.390 e. The van der Waals surface area contributed by atoms with Gasteiger partial charge in [-0.15, -0.1) is 0 Å². The highest BCUT2D eigenvalue weighted by Gasteiger charge is 2.20. The van der Waals surface area contributed by atoms with Crippen LogP contribution in [-0.4, -0.2) is 27.1 Å². The van der Waals surface area contributed by atoms with Crippen molar-refractivity contribution in [3.63, 3.8) is 0 Å². The lowest BCUT2D eigenvalue weighted by molar-refractivity contribution is 0.0143. The molecule has 84 valence electrons. The van der Waals surface area contributed by atoms with Crippen LogP contribution in [0.3, 0.4) is 0 Å². The lowest BCUT2D eigenvalue weighted by atomic mass is 10.0. The number of pyridine rings is 1. The van der Waals surface area contributed by atoms with E-state index >= 15 is 0 Å². The fraction of sp³-hybridized carbons (Fsp3) is 0.500. The molecule has 0 aliphatic rings. The molecule has 1 aromatic heterocycles. The summed E-state index contributed by atoms with van der Waals surface area (Å²) in [6.45, 7) is 1.80. The van der Waals surface area contributed by atoms with Crippen LogP contribution in [0, 0.1) is 6.92 Å². The normalized spacial score (nSPS) is 15.0. The molecule has 15 heavy (non-hydrogen) atoms. The molecule has 1 rings (SSSR count). The first-order chi connectivity index (χ1) is 7.06. The zero-order chi connectivity index (χ0) is 11.4. The van der Waals surface area contributed by atoms with Crippen LogP contribution in [0.15, 0.2) is 12.3 Å². The van der Waals surface area contributed by atoms with Crippen LogP contribution in [0.1, 0.15) is 23.8 Å². The van der Waals surface area contributed by atoms with Gasteiger partial charge in [-0.2, -0.15) is 12.6 Å². The first-order valence-electron chi connectivity index (χ1n) is 4.65. The molecule has 0 aliphatic carbocycles. The number of aliphatic hydroxyl groups is 2. The van der Waals surface area contributed by atoms with E-state index in [-0.39, 0.29) is 0 Å². The summed E-state index contributed by atoms with van der Waals surface area (Å²) in [6, 6.07) is 1.71. The van der Waals surface area contributed by atoms with Gasteiger partial charge in [-0.3, -0.25) is 4.98 Å². The minimum atomic E-state index is -0.977. The van der Waals surface area contributed by atoms with Crippen molar-refractivity contribution in [3.8, 4) is 0 Å². The van der Waals surface area contributed by atoms with Gasteiger partial charge >= 0.3 is 0 Å². The molecular formula is C10H14ClNO2S. The zero-order valence-electron chi connectivity index (χ0n) is 8.39. The predicted octanol–water partition coefficient (Wildman–Crippen LogP) is 1.76. The Morgan fingerprint density at radius 3 is 2.73 bits per heavy atom. The number of aromatic nitrogens is 1. The summed E-state index contributed by atoms with van der Waals surface area (Å²) in [7, 11) is 0. The monoisotopic (exact) mass is 247 g/mol. The molecule has 0 aromatic carbocycles. The van der Waals surface area contributed by atoms with E-state index in [1.165, 1.54) is 6.20 Å². The SMILES string of the molecule is Cc1cc(Cl)cnc1C(O)C(O)CCS. The summed E-state index contributed by atoms with van der Waals surface area (Å²) >= 11 is 9.74. The van der Waals surface area contributed by atoms with E-state index in [2.05, 4.69) is 17.6 Å². The summed E-state index contributed by atoms with van der Waals surface area (Å²) < 4.78 is 0. The highest BCUT2D eigenvalue weighted by Crippen LogP contribution is 2.22. The highest BCUT2D eigenvalue weighted by atomic mass is 35.5. The maximum atomic E-state index is 9.80. The van der Waals surface area contributed by atoms with Crippen molar-refractivity contribution in [1.29, 1.82) is 0 Å². The Morgan fingerprint density at radius 2 is 2.20 bits per heavy atom. The Labute approximate surface area is 99.5 Å². The molecule has 0 saturated heterocycles. The molecule has 2 unspecified atom stereocenters. The summed E-state index contributed by atoms with van der Waals surface area (Å²) in [6.07, 6.45) is 0.0680.